The quantitative estimate of drug-likeness (QED) is 0.889. The number of benzene rings is 1. The van der Waals surface area contributed by atoms with Crippen molar-refractivity contribution in [3.8, 4) is 0 Å². The predicted molar refractivity (Wildman–Crippen MR) is 75.7 cm³/mol. The third kappa shape index (κ3) is 3.33. The molecule has 0 aliphatic heterocycles. The van der Waals surface area contributed by atoms with Gasteiger partial charge in [-0.25, -0.2) is 9.37 Å². The van der Waals surface area contributed by atoms with Gasteiger partial charge in [0.1, 0.15) is 5.82 Å². The normalized spacial score (nSPS) is 12.9. The Labute approximate surface area is 109 Å². The molecular formula is C12H15FN2S2. The molecule has 92 valence electrons. The minimum Gasteiger partial charge on any atom is -0.359 e. The van der Waals surface area contributed by atoms with Gasteiger partial charge in [0.2, 0.25) is 0 Å². The molecule has 0 amide bonds. The van der Waals surface area contributed by atoms with Crippen molar-refractivity contribution in [1.82, 2.24) is 4.98 Å². The molecule has 1 unspecified atom stereocenters. The minimum absolute atomic E-state index is 0.205. The number of rotatable bonds is 5. The zero-order valence-electron chi connectivity index (χ0n) is 9.87. The van der Waals surface area contributed by atoms with Crippen molar-refractivity contribution >= 4 is 38.4 Å². The number of nitrogens with zero attached hydrogens (tertiary/aromatic N) is 1. The second-order valence-corrected chi connectivity index (χ2v) is 5.97. The first-order valence-corrected chi connectivity index (χ1v) is 7.71. The number of halogens is 1. The van der Waals surface area contributed by atoms with Gasteiger partial charge in [0, 0.05) is 6.04 Å². The van der Waals surface area contributed by atoms with Gasteiger partial charge in [-0.15, -0.1) is 0 Å². The van der Waals surface area contributed by atoms with Crippen LogP contribution < -0.4 is 5.32 Å². The van der Waals surface area contributed by atoms with Crippen molar-refractivity contribution in [3.05, 3.63) is 24.0 Å². The van der Waals surface area contributed by atoms with Crippen molar-refractivity contribution in [2.24, 2.45) is 0 Å². The Morgan fingerprint density at radius 3 is 3.12 bits per heavy atom. The van der Waals surface area contributed by atoms with Crippen LogP contribution >= 0.6 is 23.1 Å². The molecule has 1 heterocycles. The summed E-state index contributed by atoms with van der Waals surface area (Å²) in [6.07, 6.45) is 3.21. The smallest absolute Gasteiger partial charge is 0.184 e. The van der Waals surface area contributed by atoms with E-state index >= 15 is 0 Å². The highest BCUT2D eigenvalue weighted by atomic mass is 32.2. The van der Waals surface area contributed by atoms with E-state index in [0.717, 1.165) is 27.5 Å². The monoisotopic (exact) mass is 270 g/mol. The molecule has 0 spiro atoms. The molecule has 2 nitrogen and oxygen atoms in total. The third-order valence-electron chi connectivity index (χ3n) is 2.48. The van der Waals surface area contributed by atoms with E-state index in [9.17, 15) is 4.39 Å². The van der Waals surface area contributed by atoms with Crippen LogP contribution in [0.4, 0.5) is 9.52 Å². The maximum Gasteiger partial charge on any atom is 0.184 e. The highest BCUT2D eigenvalue weighted by Gasteiger charge is 2.07. The number of aromatic nitrogens is 1. The molecular weight excluding hydrogens is 255 g/mol. The molecule has 1 aromatic heterocycles. The van der Waals surface area contributed by atoms with Crippen molar-refractivity contribution in [1.29, 1.82) is 0 Å². The van der Waals surface area contributed by atoms with Crippen LogP contribution in [0.25, 0.3) is 10.2 Å². The Morgan fingerprint density at radius 1 is 1.53 bits per heavy atom. The molecule has 1 atom stereocenters. The summed E-state index contributed by atoms with van der Waals surface area (Å²) in [6, 6.07) is 5.10. The van der Waals surface area contributed by atoms with Crippen molar-refractivity contribution in [3.63, 3.8) is 0 Å². The standard InChI is InChI=1S/C12H15FN2S2/c1-8(5-6-16-2)14-12-15-10-4-3-9(13)7-11(10)17-12/h3-4,7-8H,5-6H2,1-2H3,(H,14,15). The van der Waals surface area contributed by atoms with E-state index in [-0.39, 0.29) is 5.82 Å². The lowest BCUT2D eigenvalue weighted by Gasteiger charge is -2.11. The minimum atomic E-state index is -0.205. The molecule has 2 rings (SSSR count). The summed E-state index contributed by atoms with van der Waals surface area (Å²) in [6.45, 7) is 2.14. The topological polar surface area (TPSA) is 24.9 Å². The van der Waals surface area contributed by atoms with Crippen LogP contribution in [0.3, 0.4) is 0 Å². The molecule has 1 aromatic carbocycles. The first-order chi connectivity index (χ1) is 8.19. The molecule has 0 aliphatic carbocycles. The summed E-state index contributed by atoms with van der Waals surface area (Å²) < 4.78 is 13.9. The first-order valence-electron chi connectivity index (χ1n) is 5.50. The lowest BCUT2D eigenvalue weighted by Crippen LogP contribution is -2.15. The Balaban J connectivity index is 2.08. The third-order valence-corrected chi connectivity index (χ3v) is 4.07. The van der Waals surface area contributed by atoms with E-state index in [2.05, 4.69) is 23.5 Å². The number of thioether (sulfide) groups is 1. The van der Waals surface area contributed by atoms with E-state index in [1.54, 1.807) is 6.07 Å². The SMILES string of the molecule is CSCCC(C)Nc1nc2ccc(F)cc2s1. The number of hydrogen-bond donors (Lipinski definition) is 1. The molecule has 0 fully saturated rings. The lowest BCUT2D eigenvalue weighted by molar-refractivity contribution is 0.630. The van der Waals surface area contributed by atoms with Crippen LogP contribution in [-0.4, -0.2) is 23.0 Å². The Bertz CT molecular complexity index is 498. The average Bonchev–Trinajstić information content (AvgIpc) is 2.67. The number of nitrogens with one attached hydrogen (secondary N) is 1. The van der Waals surface area contributed by atoms with E-state index in [0.29, 0.717) is 6.04 Å². The zero-order chi connectivity index (χ0) is 12.3. The predicted octanol–water partition coefficient (Wildman–Crippen LogP) is 3.99. The highest BCUT2D eigenvalue weighted by molar-refractivity contribution is 7.98. The van der Waals surface area contributed by atoms with Crippen LogP contribution in [0.2, 0.25) is 0 Å². The summed E-state index contributed by atoms with van der Waals surface area (Å²) in [5, 5.41) is 4.23. The summed E-state index contributed by atoms with van der Waals surface area (Å²) in [5.74, 6) is 0.927. The molecule has 0 saturated carbocycles. The molecule has 0 aliphatic rings. The van der Waals surface area contributed by atoms with Crippen LogP contribution in [-0.2, 0) is 0 Å². The van der Waals surface area contributed by atoms with Crippen LogP contribution in [0.1, 0.15) is 13.3 Å². The summed E-state index contributed by atoms with van der Waals surface area (Å²) in [5.41, 5.74) is 0.857. The molecule has 0 radical (unpaired) electrons. The molecule has 0 saturated heterocycles. The number of fused-ring (bicyclic) bond motifs is 1. The molecule has 5 heteroatoms. The molecule has 17 heavy (non-hydrogen) atoms. The van der Waals surface area contributed by atoms with Gasteiger partial charge in [0.25, 0.3) is 0 Å². The largest absolute Gasteiger partial charge is 0.359 e. The van der Waals surface area contributed by atoms with E-state index < -0.39 is 0 Å². The highest BCUT2D eigenvalue weighted by Crippen LogP contribution is 2.27. The Hall–Kier alpha value is -0.810. The summed E-state index contributed by atoms with van der Waals surface area (Å²) >= 11 is 3.35. The number of anilines is 1. The molecule has 1 N–H and O–H groups in total. The number of thiazole rings is 1. The van der Waals surface area contributed by atoms with Gasteiger partial charge >= 0.3 is 0 Å². The maximum absolute atomic E-state index is 13.0. The maximum atomic E-state index is 13.0. The van der Waals surface area contributed by atoms with Gasteiger partial charge in [0.15, 0.2) is 5.13 Å². The fourth-order valence-corrected chi connectivity index (χ4v) is 3.13. The zero-order valence-corrected chi connectivity index (χ0v) is 11.5. The lowest BCUT2D eigenvalue weighted by atomic mass is 10.3. The van der Waals surface area contributed by atoms with Crippen LogP contribution in [0.15, 0.2) is 18.2 Å². The van der Waals surface area contributed by atoms with E-state index in [1.165, 1.54) is 23.5 Å². The van der Waals surface area contributed by atoms with Gasteiger partial charge in [0.05, 0.1) is 10.2 Å². The second kappa shape index (κ2) is 5.69. The summed E-state index contributed by atoms with van der Waals surface area (Å²) in [4.78, 5) is 4.44. The van der Waals surface area contributed by atoms with Crippen molar-refractivity contribution < 1.29 is 4.39 Å². The Kier molecular flexibility index (Phi) is 4.23. The van der Waals surface area contributed by atoms with Crippen molar-refractivity contribution in [2.45, 2.75) is 19.4 Å². The van der Waals surface area contributed by atoms with Crippen molar-refractivity contribution in [2.75, 3.05) is 17.3 Å². The summed E-state index contributed by atoms with van der Waals surface area (Å²) in [7, 11) is 0. The van der Waals surface area contributed by atoms with Crippen LogP contribution in [0, 0.1) is 5.82 Å². The fourth-order valence-electron chi connectivity index (χ4n) is 1.54. The second-order valence-electron chi connectivity index (χ2n) is 3.96. The van der Waals surface area contributed by atoms with E-state index in [4.69, 9.17) is 0 Å². The van der Waals surface area contributed by atoms with Crippen LogP contribution in [0.5, 0.6) is 0 Å². The molecule has 2 aromatic rings. The first kappa shape index (κ1) is 12.6. The van der Waals surface area contributed by atoms with Gasteiger partial charge in [-0.2, -0.15) is 11.8 Å². The van der Waals surface area contributed by atoms with E-state index in [1.807, 2.05) is 11.8 Å². The fraction of sp³-hybridized carbons (Fsp3) is 0.417. The molecule has 0 bridgehead atoms. The van der Waals surface area contributed by atoms with Gasteiger partial charge in [-0.3, -0.25) is 0 Å². The Morgan fingerprint density at radius 2 is 2.35 bits per heavy atom. The van der Waals surface area contributed by atoms with Gasteiger partial charge < -0.3 is 5.32 Å². The van der Waals surface area contributed by atoms with Gasteiger partial charge in [-0.05, 0) is 43.6 Å². The van der Waals surface area contributed by atoms with Gasteiger partial charge in [-0.1, -0.05) is 11.3 Å². The number of hydrogen-bond acceptors (Lipinski definition) is 4. The average molecular weight is 270 g/mol.